The Morgan fingerprint density at radius 1 is 1.24 bits per heavy atom. The van der Waals surface area contributed by atoms with Gasteiger partial charge in [-0.3, -0.25) is 4.79 Å². The summed E-state index contributed by atoms with van der Waals surface area (Å²) in [6, 6.07) is 12.9. The number of aromatic nitrogens is 1. The summed E-state index contributed by atoms with van der Waals surface area (Å²) >= 11 is 0. The van der Waals surface area contributed by atoms with Gasteiger partial charge in [-0.05, 0) is 48.9 Å². The first kappa shape index (κ1) is 16.6. The van der Waals surface area contributed by atoms with Crippen LogP contribution in [0.2, 0.25) is 0 Å². The van der Waals surface area contributed by atoms with Gasteiger partial charge in [-0.2, -0.15) is 0 Å². The third kappa shape index (κ3) is 4.17. The average Bonchev–Trinajstić information content (AvgIpc) is 3.14. The molecule has 6 nitrogen and oxygen atoms in total. The SMILES string of the molecule is COc1ccc(C)cc1Nc1ccc(C(=O)NCc2ccco2)nc1. The Kier molecular flexibility index (Phi) is 4.99. The largest absolute Gasteiger partial charge is 0.495 e. The van der Waals surface area contributed by atoms with Crippen LogP contribution in [0.5, 0.6) is 5.75 Å². The molecule has 128 valence electrons. The lowest BCUT2D eigenvalue weighted by atomic mass is 10.2. The maximum Gasteiger partial charge on any atom is 0.270 e. The second-order valence-corrected chi connectivity index (χ2v) is 5.52. The molecule has 0 aliphatic rings. The molecular weight excluding hydrogens is 318 g/mol. The van der Waals surface area contributed by atoms with Crippen LogP contribution < -0.4 is 15.4 Å². The number of ether oxygens (including phenoxy) is 1. The Bertz CT molecular complexity index is 843. The van der Waals surface area contributed by atoms with Crippen molar-refractivity contribution in [1.29, 1.82) is 0 Å². The van der Waals surface area contributed by atoms with Gasteiger partial charge in [-0.25, -0.2) is 4.98 Å². The van der Waals surface area contributed by atoms with E-state index < -0.39 is 0 Å². The van der Waals surface area contributed by atoms with E-state index in [1.165, 1.54) is 0 Å². The third-order valence-electron chi connectivity index (χ3n) is 3.63. The van der Waals surface area contributed by atoms with Crippen molar-refractivity contribution in [1.82, 2.24) is 10.3 Å². The van der Waals surface area contributed by atoms with Crippen molar-refractivity contribution in [2.45, 2.75) is 13.5 Å². The number of carbonyl (C=O) groups excluding carboxylic acids is 1. The number of anilines is 2. The summed E-state index contributed by atoms with van der Waals surface area (Å²) in [4.78, 5) is 16.3. The Morgan fingerprint density at radius 3 is 2.80 bits per heavy atom. The number of amides is 1. The smallest absolute Gasteiger partial charge is 0.270 e. The molecule has 0 atom stereocenters. The van der Waals surface area contributed by atoms with Crippen LogP contribution >= 0.6 is 0 Å². The summed E-state index contributed by atoms with van der Waals surface area (Å²) in [6.45, 7) is 2.34. The van der Waals surface area contributed by atoms with Crippen LogP contribution in [0.4, 0.5) is 11.4 Å². The molecule has 0 saturated heterocycles. The number of nitrogens with one attached hydrogen (secondary N) is 2. The zero-order valence-electron chi connectivity index (χ0n) is 14.1. The van der Waals surface area contributed by atoms with Crippen LogP contribution in [0.3, 0.4) is 0 Å². The zero-order chi connectivity index (χ0) is 17.6. The van der Waals surface area contributed by atoms with Gasteiger partial charge < -0.3 is 19.8 Å². The summed E-state index contributed by atoms with van der Waals surface area (Å²) < 4.78 is 10.5. The number of aryl methyl sites for hydroxylation is 1. The van der Waals surface area contributed by atoms with E-state index >= 15 is 0 Å². The lowest BCUT2D eigenvalue weighted by Gasteiger charge is -2.12. The first-order valence-corrected chi connectivity index (χ1v) is 7.84. The van der Waals surface area contributed by atoms with Crippen molar-refractivity contribution >= 4 is 17.3 Å². The molecule has 3 aromatic rings. The molecule has 0 aliphatic carbocycles. The molecule has 0 radical (unpaired) electrons. The molecule has 1 aromatic carbocycles. The summed E-state index contributed by atoms with van der Waals surface area (Å²) in [5, 5.41) is 6.01. The second kappa shape index (κ2) is 7.53. The van der Waals surface area contributed by atoms with Crippen LogP contribution in [-0.4, -0.2) is 18.0 Å². The molecule has 0 unspecified atom stereocenters. The highest BCUT2D eigenvalue weighted by atomic mass is 16.5. The van der Waals surface area contributed by atoms with Crippen LogP contribution in [-0.2, 0) is 6.54 Å². The van der Waals surface area contributed by atoms with Gasteiger partial charge in [0.2, 0.25) is 0 Å². The van der Waals surface area contributed by atoms with Crippen LogP contribution in [0.1, 0.15) is 21.8 Å². The van der Waals surface area contributed by atoms with Crippen molar-refractivity contribution in [3.8, 4) is 5.75 Å². The Morgan fingerprint density at radius 2 is 2.12 bits per heavy atom. The predicted molar refractivity (Wildman–Crippen MR) is 95.1 cm³/mol. The lowest BCUT2D eigenvalue weighted by Crippen LogP contribution is -2.23. The number of methoxy groups -OCH3 is 1. The minimum absolute atomic E-state index is 0.254. The van der Waals surface area contributed by atoms with Gasteiger partial charge in [0.25, 0.3) is 5.91 Å². The molecule has 3 rings (SSSR count). The molecule has 6 heteroatoms. The van der Waals surface area contributed by atoms with E-state index in [4.69, 9.17) is 9.15 Å². The monoisotopic (exact) mass is 337 g/mol. The molecule has 2 heterocycles. The first-order valence-electron chi connectivity index (χ1n) is 7.84. The van der Waals surface area contributed by atoms with E-state index in [0.29, 0.717) is 18.0 Å². The van der Waals surface area contributed by atoms with Gasteiger partial charge >= 0.3 is 0 Å². The summed E-state index contributed by atoms with van der Waals surface area (Å²) in [6.07, 6.45) is 3.18. The Hall–Kier alpha value is -3.28. The van der Waals surface area contributed by atoms with Gasteiger partial charge in [0.1, 0.15) is 17.2 Å². The van der Waals surface area contributed by atoms with Gasteiger partial charge in [0.15, 0.2) is 0 Å². The maximum atomic E-state index is 12.1. The van der Waals surface area contributed by atoms with E-state index in [2.05, 4.69) is 15.6 Å². The second-order valence-electron chi connectivity index (χ2n) is 5.52. The Labute approximate surface area is 145 Å². The molecule has 1 amide bonds. The van der Waals surface area contributed by atoms with Crippen LogP contribution in [0.15, 0.2) is 59.3 Å². The lowest BCUT2D eigenvalue weighted by molar-refractivity contribution is 0.0943. The molecular formula is C19H19N3O3. The van der Waals surface area contributed by atoms with E-state index in [1.54, 1.807) is 43.8 Å². The maximum absolute atomic E-state index is 12.1. The molecule has 0 fully saturated rings. The van der Waals surface area contributed by atoms with Crippen molar-refractivity contribution in [2.24, 2.45) is 0 Å². The van der Waals surface area contributed by atoms with Crippen LogP contribution in [0.25, 0.3) is 0 Å². The average molecular weight is 337 g/mol. The number of carbonyl (C=O) groups is 1. The minimum atomic E-state index is -0.254. The van der Waals surface area contributed by atoms with Crippen molar-refractivity contribution in [2.75, 3.05) is 12.4 Å². The first-order chi connectivity index (χ1) is 12.2. The summed E-state index contributed by atoms with van der Waals surface area (Å²) in [7, 11) is 1.63. The number of pyridine rings is 1. The fraction of sp³-hybridized carbons (Fsp3) is 0.158. The van der Waals surface area contributed by atoms with E-state index in [1.807, 2.05) is 25.1 Å². The predicted octanol–water partition coefficient (Wildman–Crippen LogP) is 3.67. The highest BCUT2D eigenvalue weighted by Crippen LogP contribution is 2.28. The molecule has 0 saturated carbocycles. The fourth-order valence-electron chi connectivity index (χ4n) is 2.35. The number of benzene rings is 1. The van der Waals surface area contributed by atoms with Gasteiger partial charge in [0, 0.05) is 0 Å². The third-order valence-corrected chi connectivity index (χ3v) is 3.63. The van der Waals surface area contributed by atoms with Gasteiger partial charge in [-0.1, -0.05) is 6.07 Å². The Balaban J connectivity index is 1.66. The molecule has 2 aromatic heterocycles. The quantitative estimate of drug-likeness (QED) is 0.718. The minimum Gasteiger partial charge on any atom is -0.495 e. The number of rotatable bonds is 6. The molecule has 0 aliphatic heterocycles. The normalized spacial score (nSPS) is 10.3. The topological polar surface area (TPSA) is 76.4 Å². The van der Waals surface area contributed by atoms with Gasteiger partial charge in [0.05, 0.1) is 37.5 Å². The van der Waals surface area contributed by atoms with Crippen molar-refractivity contribution in [3.05, 3.63) is 71.9 Å². The van der Waals surface area contributed by atoms with E-state index in [-0.39, 0.29) is 5.91 Å². The number of hydrogen-bond donors (Lipinski definition) is 2. The molecule has 2 N–H and O–H groups in total. The highest BCUT2D eigenvalue weighted by molar-refractivity contribution is 5.92. The van der Waals surface area contributed by atoms with E-state index in [9.17, 15) is 4.79 Å². The molecule has 0 bridgehead atoms. The van der Waals surface area contributed by atoms with Gasteiger partial charge in [-0.15, -0.1) is 0 Å². The van der Waals surface area contributed by atoms with E-state index in [0.717, 1.165) is 22.7 Å². The van der Waals surface area contributed by atoms with Crippen molar-refractivity contribution in [3.63, 3.8) is 0 Å². The fourth-order valence-corrected chi connectivity index (χ4v) is 2.35. The standard InChI is InChI=1S/C19H19N3O3/c1-13-5-8-18(24-2)17(10-13)22-14-6-7-16(20-11-14)19(23)21-12-15-4-3-9-25-15/h3-11,22H,12H2,1-2H3,(H,21,23). The van der Waals surface area contributed by atoms with Crippen LogP contribution in [0, 0.1) is 6.92 Å². The number of hydrogen-bond acceptors (Lipinski definition) is 5. The summed E-state index contributed by atoms with van der Waals surface area (Å²) in [5.74, 6) is 1.18. The number of nitrogens with zero attached hydrogens (tertiary/aromatic N) is 1. The zero-order valence-corrected chi connectivity index (χ0v) is 14.1. The highest BCUT2D eigenvalue weighted by Gasteiger charge is 2.09. The van der Waals surface area contributed by atoms with Crippen molar-refractivity contribution < 1.29 is 13.9 Å². The molecule has 0 spiro atoms. The molecule has 25 heavy (non-hydrogen) atoms. The summed E-state index contributed by atoms with van der Waals surface area (Å²) in [5.41, 5.74) is 3.07. The number of furan rings is 1.